The Hall–Kier alpha value is -3.52. The first kappa shape index (κ1) is 21.2. The van der Waals surface area contributed by atoms with E-state index < -0.39 is 11.9 Å². The molecule has 3 aromatic rings. The zero-order chi connectivity index (χ0) is 21.5. The summed E-state index contributed by atoms with van der Waals surface area (Å²) in [5.74, 6) is -0.429. The molecule has 0 radical (unpaired) electrons. The smallest absolute Gasteiger partial charge is 0.362 e. The second-order valence-corrected chi connectivity index (χ2v) is 6.73. The van der Waals surface area contributed by atoms with Crippen molar-refractivity contribution in [2.75, 3.05) is 20.5 Å². The van der Waals surface area contributed by atoms with Gasteiger partial charge in [-0.15, -0.1) is 0 Å². The van der Waals surface area contributed by atoms with E-state index in [1.165, 1.54) is 38.3 Å². The number of rotatable bonds is 7. The van der Waals surface area contributed by atoms with Gasteiger partial charge in [0.15, 0.2) is 22.3 Å². The van der Waals surface area contributed by atoms with E-state index in [9.17, 15) is 9.59 Å². The topological polar surface area (TPSA) is 79.7 Å². The lowest BCUT2D eigenvalue weighted by atomic mass is 10.2. The number of carbonyl (C=O) groups excluding carboxylic acids is 2. The van der Waals surface area contributed by atoms with E-state index in [2.05, 4.69) is 9.72 Å². The number of imidazole rings is 1. The van der Waals surface area contributed by atoms with Crippen LogP contribution >= 0.6 is 11.8 Å². The SMILES string of the molecule is COC(=O)/C=C\c1ccc(OC(=O)c2cnc(SC)n2-c2ccccc2)c(OC)c1. The third-order valence-corrected chi connectivity index (χ3v) is 4.79. The maximum absolute atomic E-state index is 12.9. The molecule has 30 heavy (non-hydrogen) atoms. The van der Waals surface area contributed by atoms with E-state index in [1.807, 2.05) is 36.6 Å². The predicted octanol–water partition coefficient (Wildman–Crippen LogP) is 4.01. The molecule has 0 saturated carbocycles. The summed E-state index contributed by atoms with van der Waals surface area (Å²) in [5.41, 5.74) is 1.79. The summed E-state index contributed by atoms with van der Waals surface area (Å²) in [6.07, 6.45) is 6.25. The fourth-order valence-electron chi connectivity index (χ4n) is 2.71. The van der Waals surface area contributed by atoms with E-state index in [0.29, 0.717) is 22.2 Å². The van der Waals surface area contributed by atoms with Crippen molar-refractivity contribution >= 4 is 29.8 Å². The molecule has 7 nitrogen and oxygen atoms in total. The first-order valence-electron chi connectivity index (χ1n) is 8.90. The van der Waals surface area contributed by atoms with Crippen LogP contribution in [0.2, 0.25) is 0 Å². The van der Waals surface area contributed by atoms with Crippen LogP contribution in [-0.2, 0) is 9.53 Å². The number of carbonyl (C=O) groups is 2. The van der Waals surface area contributed by atoms with Crippen LogP contribution in [0.15, 0.2) is 66.0 Å². The van der Waals surface area contributed by atoms with Gasteiger partial charge in [0.05, 0.1) is 20.4 Å². The van der Waals surface area contributed by atoms with Crippen molar-refractivity contribution < 1.29 is 23.8 Å². The Morgan fingerprint density at radius 2 is 1.83 bits per heavy atom. The number of methoxy groups -OCH3 is 2. The first-order chi connectivity index (χ1) is 14.6. The molecule has 1 aromatic heterocycles. The molecule has 0 spiro atoms. The molecule has 8 heteroatoms. The number of thioether (sulfide) groups is 1. The predicted molar refractivity (Wildman–Crippen MR) is 114 cm³/mol. The summed E-state index contributed by atoms with van der Waals surface area (Å²) in [5, 5.41) is 0.670. The van der Waals surface area contributed by atoms with Gasteiger partial charge in [0.1, 0.15) is 0 Å². The highest BCUT2D eigenvalue weighted by atomic mass is 32.2. The second kappa shape index (κ2) is 9.80. The molecule has 154 valence electrons. The molecule has 0 fully saturated rings. The summed E-state index contributed by atoms with van der Waals surface area (Å²) in [7, 11) is 2.78. The van der Waals surface area contributed by atoms with Crippen LogP contribution in [0.4, 0.5) is 0 Å². The van der Waals surface area contributed by atoms with Crippen LogP contribution < -0.4 is 9.47 Å². The Kier molecular flexibility index (Phi) is 6.92. The third kappa shape index (κ3) is 4.72. The van der Waals surface area contributed by atoms with Gasteiger partial charge in [-0.2, -0.15) is 0 Å². The lowest BCUT2D eigenvalue weighted by Gasteiger charge is -2.12. The van der Waals surface area contributed by atoms with E-state index in [0.717, 1.165) is 5.69 Å². The van der Waals surface area contributed by atoms with Crippen molar-refractivity contribution in [3.63, 3.8) is 0 Å². The Balaban J connectivity index is 1.89. The summed E-state index contributed by atoms with van der Waals surface area (Å²) < 4.78 is 17.3. The van der Waals surface area contributed by atoms with Crippen LogP contribution in [0.5, 0.6) is 11.5 Å². The fraction of sp³-hybridized carbons (Fsp3) is 0.136. The summed E-state index contributed by atoms with van der Waals surface area (Å²) in [4.78, 5) is 28.5. The molecule has 0 aliphatic heterocycles. The zero-order valence-corrected chi connectivity index (χ0v) is 17.5. The molecule has 0 atom stereocenters. The molecule has 3 rings (SSSR count). The van der Waals surface area contributed by atoms with Crippen molar-refractivity contribution in [1.29, 1.82) is 0 Å². The number of hydrogen-bond donors (Lipinski definition) is 0. The first-order valence-corrected chi connectivity index (χ1v) is 10.1. The van der Waals surface area contributed by atoms with Gasteiger partial charge in [0.25, 0.3) is 0 Å². The van der Waals surface area contributed by atoms with Gasteiger partial charge in [0.2, 0.25) is 0 Å². The minimum Gasteiger partial charge on any atom is -0.493 e. The summed E-state index contributed by atoms with van der Waals surface area (Å²) >= 11 is 1.43. The van der Waals surface area contributed by atoms with Gasteiger partial charge < -0.3 is 14.2 Å². The number of nitrogens with zero attached hydrogens (tertiary/aromatic N) is 2. The average Bonchev–Trinajstić information content (AvgIpc) is 3.23. The van der Waals surface area contributed by atoms with Crippen LogP contribution in [-0.4, -0.2) is 42.0 Å². The van der Waals surface area contributed by atoms with Gasteiger partial charge >= 0.3 is 11.9 Å². The molecular weight excluding hydrogens is 404 g/mol. The van der Waals surface area contributed by atoms with Crippen LogP contribution in [0.1, 0.15) is 16.1 Å². The number of hydrogen-bond acceptors (Lipinski definition) is 7. The van der Waals surface area contributed by atoms with E-state index in [4.69, 9.17) is 9.47 Å². The second-order valence-electron chi connectivity index (χ2n) is 5.96. The normalized spacial score (nSPS) is 10.8. The maximum Gasteiger partial charge on any atom is 0.362 e. The molecule has 1 heterocycles. The van der Waals surface area contributed by atoms with Gasteiger partial charge in [-0.25, -0.2) is 14.6 Å². The Labute approximate surface area is 178 Å². The van der Waals surface area contributed by atoms with Crippen LogP contribution in [0.3, 0.4) is 0 Å². The highest BCUT2D eigenvalue weighted by molar-refractivity contribution is 7.98. The highest BCUT2D eigenvalue weighted by Gasteiger charge is 2.21. The number of ether oxygens (including phenoxy) is 3. The zero-order valence-electron chi connectivity index (χ0n) is 16.7. The quantitative estimate of drug-likeness (QED) is 0.245. The summed E-state index contributed by atoms with van der Waals surface area (Å²) in [6.45, 7) is 0. The monoisotopic (exact) mass is 424 g/mol. The van der Waals surface area contributed by atoms with E-state index >= 15 is 0 Å². The molecule has 2 aromatic carbocycles. The Morgan fingerprint density at radius 1 is 1.07 bits per heavy atom. The minimum absolute atomic E-state index is 0.254. The van der Waals surface area contributed by atoms with Gasteiger partial charge in [0, 0.05) is 11.8 Å². The van der Waals surface area contributed by atoms with Gasteiger partial charge in [-0.1, -0.05) is 36.0 Å². The minimum atomic E-state index is -0.567. The Bertz CT molecular complexity index is 1080. The molecule has 0 bridgehead atoms. The maximum atomic E-state index is 12.9. The molecule has 0 unspecified atom stereocenters. The van der Waals surface area contributed by atoms with E-state index in [-0.39, 0.29) is 5.75 Å². The van der Waals surface area contributed by atoms with Crippen molar-refractivity contribution in [3.05, 3.63) is 72.1 Å². The molecule has 0 N–H and O–H groups in total. The van der Waals surface area contributed by atoms with Gasteiger partial charge in [-0.05, 0) is 42.2 Å². The lowest BCUT2D eigenvalue weighted by Crippen LogP contribution is -2.14. The fourth-order valence-corrected chi connectivity index (χ4v) is 3.25. The molecule has 0 aliphatic rings. The van der Waals surface area contributed by atoms with Crippen molar-refractivity contribution in [2.24, 2.45) is 0 Å². The van der Waals surface area contributed by atoms with Crippen molar-refractivity contribution in [1.82, 2.24) is 9.55 Å². The molecule has 0 aliphatic carbocycles. The number of benzene rings is 2. The molecule has 0 saturated heterocycles. The number of para-hydroxylation sites is 1. The van der Waals surface area contributed by atoms with Crippen LogP contribution in [0.25, 0.3) is 11.8 Å². The molecular formula is C22H20N2O5S. The standard InChI is InChI=1S/C22H20N2O5S/c1-27-19-13-15(10-12-20(25)28-2)9-11-18(19)29-21(26)17-14-23-22(30-3)24(17)16-7-5-4-6-8-16/h4-14H,1-3H3/b12-10-. The highest BCUT2D eigenvalue weighted by Crippen LogP contribution is 2.30. The van der Waals surface area contributed by atoms with E-state index in [1.54, 1.807) is 28.8 Å². The molecule has 0 amide bonds. The Morgan fingerprint density at radius 3 is 2.50 bits per heavy atom. The summed E-state index contributed by atoms with van der Waals surface area (Å²) in [6, 6.07) is 14.4. The average molecular weight is 424 g/mol. The van der Waals surface area contributed by atoms with Gasteiger partial charge in [-0.3, -0.25) is 4.57 Å². The lowest BCUT2D eigenvalue weighted by molar-refractivity contribution is -0.134. The van der Waals surface area contributed by atoms with Crippen molar-refractivity contribution in [3.8, 4) is 17.2 Å². The van der Waals surface area contributed by atoms with Crippen LogP contribution in [0, 0.1) is 0 Å². The number of aromatic nitrogens is 2. The largest absolute Gasteiger partial charge is 0.493 e. The third-order valence-electron chi connectivity index (χ3n) is 4.14. The van der Waals surface area contributed by atoms with Crippen molar-refractivity contribution in [2.45, 2.75) is 5.16 Å². The number of esters is 2.